The van der Waals surface area contributed by atoms with Gasteiger partial charge in [-0.3, -0.25) is 0 Å². The van der Waals surface area contributed by atoms with Crippen molar-refractivity contribution in [3.05, 3.63) is 58.0 Å². The van der Waals surface area contributed by atoms with Crippen molar-refractivity contribution in [3.8, 4) is 0 Å². The zero-order valence-corrected chi connectivity index (χ0v) is 11.0. The molecule has 17 heavy (non-hydrogen) atoms. The molecule has 0 spiro atoms. The number of fused-ring (bicyclic) bond motifs is 1. The Kier molecular flexibility index (Phi) is 3.04. The van der Waals surface area contributed by atoms with E-state index in [1.807, 2.05) is 12.1 Å². The third kappa shape index (κ3) is 2.31. The number of halogens is 1. The molecule has 1 atom stereocenters. The fraction of sp³-hybridized carbons (Fsp3) is 0.286. The van der Waals surface area contributed by atoms with Crippen LogP contribution in [0, 0.1) is 0 Å². The average molecular weight is 292 g/mol. The molecule has 1 aliphatic rings. The van der Waals surface area contributed by atoms with Crippen LogP contribution in [-0.2, 0) is 13.0 Å². The smallest absolute Gasteiger partial charge is 0.169 e. The van der Waals surface area contributed by atoms with Gasteiger partial charge in [0.2, 0.25) is 0 Å². The lowest BCUT2D eigenvalue weighted by Gasteiger charge is -2.30. The molecule has 0 aliphatic heterocycles. The molecule has 0 saturated heterocycles. The average Bonchev–Trinajstić information content (AvgIpc) is 2.71. The SMILES string of the molecule is Brc1ccc(CNCC2Cc3ccccc32)o1. The van der Waals surface area contributed by atoms with Crippen molar-refractivity contribution in [3.63, 3.8) is 0 Å². The molecule has 1 N–H and O–H groups in total. The molecule has 0 fully saturated rings. The predicted molar refractivity (Wildman–Crippen MR) is 71.0 cm³/mol. The third-order valence-corrected chi connectivity index (χ3v) is 3.71. The van der Waals surface area contributed by atoms with Crippen LogP contribution in [0.2, 0.25) is 0 Å². The standard InChI is InChI=1S/C14H14BrNO/c15-14-6-5-12(17-14)9-16-8-11-7-10-3-1-2-4-13(10)11/h1-6,11,16H,7-9H2. The Morgan fingerprint density at radius 2 is 2.12 bits per heavy atom. The highest BCUT2D eigenvalue weighted by atomic mass is 79.9. The van der Waals surface area contributed by atoms with E-state index in [9.17, 15) is 0 Å². The van der Waals surface area contributed by atoms with Crippen molar-refractivity contribution in [2.75, 3.05) is 6.54 Å². The van der Waals surface area contributed by atoms with Crippen molar-refractivity contribution < 1.29 is 4.42 Å². The summed E-state index contributed by atoms with van der Waals surface area (Å²) >= 11 is 3.30. The molecular weight excluding hydrogens is 278 g/mol. The first-order chi connectivity index (χ1) is 8.33. The second kappa shape index (κ2) is 4.67. The van der Waals surface area contributed by atoms with Gasteiger partial charge < -0.3 is 9.73 Å². The largest absolute Gasteiger partial charge is 0.453 e. The van der Waals surface area contributed by atoms with Gasteiger partial charge in [-0.05, 0) is 45.6 Å². The maximum atomic E-state index is 5.44. The van der Waals surface area contributed by atoms with Gasteiger partial charge in [-0.1, -0.05) is 24.3 Å². The van der Waals surface area contributed by atoms with Crippen molar-refractivity contribution in [2.45, 2.75) is 18.9 Å². The van der Waals surface area contributed by atoms with Crippen LogP contribution in [-0.4, -0.2) is 6.54 Å². The van der Waals surface area contributed by atoms with Crippen LogP contribution in [0.5, 0.6) is 0 Å². The van der Waals surface area contributed by atoms with Gasteiger partial charge in [0.15, 0.2) is 4.67 Å². The molecule has 2 nitrogen and oxygen atoms in total. The van der Waals surface area contributed by atoms with E-state index in [4.69, 9.17) is 4.42 Å². The summed E-state index contributed by atoms with van der Waals surface area (Å²) in [6.07, 6.45) is 1.20. The summed E-state index contributed by atoms with van der Waals surface area (Å²) in [7, 11) is 0. The summed E-state index contributed by atoms with van der Waals surface area (Å²) in [5.41, 5.74) is 3.00. The van der Waals surface area contributed by atoms with Gasteiger partial charge in [-0.15, -0.1) is 0 Å². The summed E-state index contributed by atoms with van der Waals surface area (Å²) in [6, 6.07) is 12.6. The van der Waals surface area contributed by atoms with E-state index in [0.29, 0.717) is 5.92 Å². The Labute approximate surface area is 109 Å². The van der Waals surface area contributed by atoms with E-state index in [2.05, 4.69) is 45.5 Å². The number of hydrogen-bond donors (Lipinski definition) is 1. The van der Waals surface area contributed by atoms with Crippen molar-refractivity contribution in [1.82, 2.24) is 5.32 Å². The molecule has 1 aliphatic carbocycles. The number of hydrogen-bond acceptors (Lipinski definition) is 2. The molecule has 3 heteroatoms. The molecule has 1 unspecified atom stereocenters. The van der Waals surface area contributed by atoms with Gasteiger partial charge in [0.25, 0.3) is 0 Å². The van der Waals surface area contributed by atoms with E-state index in [1.54, 1.807) is 0 Å². The molecule has 1 aromatic heterocycles. The van der Waals surface area contributed by atoms with Gasteiger partial charge in [0.05, 0.1) is 6.54 Å². The Hall–Kier alpha value is -1.06. The first-order valence-electron chi connectivity index (χ1n) is 5.85. The molecule has 0 amide bonds. The van der Waals surface area contributed by atoms with Crippen LogP contribution in [0.3, 0.4) is 0 Å². The van der Waals surface area contributed by atoms with Gasteiger partial charge >= 0.3 is 0 Å². The summed E-state index contributed by atoms with van der Waals surface area (Å²) in [5.74, 6) is 1.65. The summed E-state index contributed by atoms with van der Waals surface area (Å²) in [6.45, 7) is 1.82. The van der Waals surface area contributed by atoms with Gasteiger partial charge in [-0.2, -0.15) is 0 Å². The number of furan rings is 1. The second-order valence-electron chi connectivity index (χ2n) is 4.44. The first-order valence-corrected chi connectivity index (χ1v) is 6.65. The fourth-order valence-electron chi connectivity index (χ4n) is 2.36. The molecule has 0 saturated carbocycles. The minimum absolute atomic E-state index is 0.671. The molecule has 88 valence electrons. The minimum Gasteiger partial charge on any atom is -0.453 e. The lowest BCUT2D eigenvalue weighted by molar-refractivity contribution is 0.450. The van der Waals surface area contributed by atoms with Crippen molar-refractivity contribution in [1.29, 1.82) is 0 Å². The summed E-state index contributed by atoms with van der Waals surface area (Å²) in [4.78, 5) is 0. The van der Waals surface area contributed by atoms with Crippen LogP contribution < -0.4 is 5.32 Å². The van der Waals surface area contributed by atoms with Crippen LogP contribution in [0.25, 0.3) is 0 Å². The van der Waals surface area contributed by atoms with E-state index < -0.39 is 0 Å². The normalized spacial score (nSPS) is 17.6. The maximum Gasteiger partial charge on any atom is 0.169 e. The highest BCUT2D eigenvalue weighted by Gasteiger charge is 2.24. The van der Waals surface area contributed by atoms with Gasteiger partial charge in [-0.25, -0.2) is 0 Å². The molecule has 2 aromatic rings. The third-order valence-electron chi connectivity index (χ3n) is 3.28. The van der Waals surface area contributed by atoms with Crippen molar-refractivity contribution >= 4 is 15.9 Å². The van der Waals surface area contributed by atoms with Crippen LogP contribution in [0.4, 0.5) is 0 Å². The van der Waals surface area contributed by atoms with Crippen LogP contribution in [0.1, 0.15) is 22.8 Å². The van der Waals surface area contributed by atoms with E-state index in [0.717, 1.165) is 23.5 Å². The Bertz CT molecular complexity index is 520. The predicted octanol–water partition coefficient (Wildman–Crippen LogP) is 3.47. The maximum absolute atomic E-state index is 5.44. The zero-order chi connectivity index (χ0) is 11.7. The Morgan fingerprint density at radius 1 is 1.24 bits per heavy atom. The molecule has 0 bridgehead atoms. The molecule has 3 rings (SSSR count). The molecule has 1 heterocycles. The highest BCUT2D eigenvalue weighted by molar-refractivity contribution is 9.10. The van der Waals surface area contributed by atoms with E-state index >= 15 is 0 Å². The number of rotatable bonds is 4. The monoisotopic (exact) mass is 291 g/mol. The summed E-state index contributed by atoms with van der Waals surface area (Å²) in [5, 5.41) is 3.44. The topological polar surface area (TPSA) is 25.2 Å². The van der Waals surface area contributed by atoms with E-state index in [-0.39, 0.29) is 0 Å². The van der Waals surface area contributed by atoms with Crippen LogP contribution in [0.15, 0.2) is 45.5 Å². The molecule has 1 aromatic carbocycles. The second-order valence-corrected chi connectivity index (χ2v) is 5.22. The Morgan fingerprint density at radius 3 is 2.88 bits per heavy atom. The zero-order valence-electron chi connectivity index (χ0n) is 9.45. The van der Waals surface area contributed by atoms with Crippen molar-refractivity contribution in [2.24, 2.45) is 0 Å². The first kappa shape index (κ1) is 11.1. The lowest BCUT2D eigenvalue weighted by Crippen LogP contribution is -2.28. The highest BCUT2D eigenvalue weighted by Crippen LogP contribution is 2.34. The lowest BCUT2D eigenvalue weighted by atomic mass is 9.77. The number of nitrogens with one attached hydrogen (secondary N) is 1. The Balaban J connectivity index is 1.51. The quantitative estimate of drug-likeness (QED) is 0.933. The summed E-state index contributed by atoms with van der Waals surface area (Å²) < 4.78 is 6.24. The van der Waals surface area contributed by atoms with Crippen LogP contribution >= 0.6 is 15.9 Å². The minimum atomic E-state index is 0.671. The van der Waals surface area contributed by atoms with Gasteiger partial charge in [0.1, 0.15) is 5.76 Å². The number of benzene rings is 1. The van der Waals surface area contributed by atoms with E-state index in [1.165, 1.54) is 17.5 Å². The van der Waals surface area contributed by atoms with Gasteiger partial charge in [0, 0.05) is 12.5 Å². The molecule has 0 radical (unpaired) electrons. The fourth-order valence-corrected chi connectivity index (χ4v) is 2.70. The molecular formula is C14H14BrNO.